The van der Waals surface area contributed by atoms with E-state index in [4.69, 9.17) is 11.6 Å². The van der Waals surface area contributed by atoms with Crippen molar-refractivity contribution in [3.05, 3.63) is 63.4 Å². The Kier molecular flexibility index (Phi) is 2.99. The first kappa shape index (κ1) is 12.8. The summed E-state index contributed by atoms with van der Waals surface area (Å²) in [6.45, 7) is 1.86. The highest BCUT2D eigenvalue weighted by molar-refractivity contribution is 6.32. The van der Waals surface area contributed by atoms with Gasteiger partial charge in [-0.3, -0.25) is 4.79 Å². The number of fused-ring (bicyclic) bond motifs is 1. The van der Waals surface area contributed by atoms with Crippen molar-refractivity contribution in [2.75, 3.05) is 0 Å². The molecule has 4 heteroatoms. The molecule has 0 atom stereocenters. The Labute approximate surface area is 120 Å². The molecule has 100 valence electrons. The van der Waals surface area contributed by atoms with Gasteiger partial charge >= 0.3 is 0 Å². The van der Waals surface area contributed by atoms with Crippen LogP contribution in [0.15, 0.2) is 47.3 Å². The molecule has 0 aliphatic carbocycles. The lowest BCUT2D eigenvalue weighted by molar-refractivity contribution is 0.482. The summed E-state index contributed by atoms with van der Waals surface area (Å²) in [6, 6.07) is 12.5. The van der Waals surface area contributed by atoms with Gasteiger partial charge in [0.1, 0.15) is 5.75 Å². The Balaban J connectivity index is 2.41. The molecule has 3 rings (SSSR count). The summed E-state index contributed by atoms with van der Waals surface area (Å²) >= 11 is 6.05. The number of halogens is 1. The third-order valence-electron chi connectivity index (χ3n) is 3.33. The molecule has 20 heavy (non-hydrogen) atoms. The van der Waals surface area contributed by atoms with Gasteiger partial charge in [-0.2, -0.15) is 0 Å². The molecular formula is C16H12ClNO2. The minimum atomic E-state index is -0.332. The number of rotatable bonds is 1. The van der Waals surface area contributed by atoms with E-state index in [2.05, 4.69) is 4.98 Å². The highest BCUT2D eigenvalue weighted by atomic mass is 35.5. The Hall–Kier alpha value is -2.26. The molecule has 0 fully saturated rings. The zero-order valence-electron chi connectivity index (χ0n) is 10.8. The van der Waals surface area contributed by atoms with Crippen molar-refractivity contribution in [2.24, 2.45) is 0 Å². The van der Waals surface area contributed by atoms with E-state index in [0.29, 0.717) is 21.5 Å². The SMILES string of the molecule is Cc1cc2c(O)c(-c3ccccc3)c(=O)[nH]c2cc1Cl. The first-order chi connectivity index (χ1) is 9.58. The predicted molar refractivity (Wildman–Crippen MR) is 81.4 cm³/mol. The highest BCUT2D eigenvalue weighted by Crippen LogP contribution is 2.33. The minimum absolute atomic E-state index is 0.0188. The maximum Gasteiger partial charge on any atom is 0.260 e. The van der Waals surface area contributed by atoms with Gasteiger partial charge in [-0.05, 0) is 30.2 Å². The third kappa shape index (κ3) is 1.96. The van der Waals surface area contributed by atoms with Crippen molar-refractivity contribution in [3.63, 3.8) is 0 Å². The van der Waals surface area contributed by atoms with Crippen LogP contribution in [0.4, 0.5) is 0 Å². The van der Waals surface area contributed by atoms with E-state index in [0.717, 1.165) is 5.56 Å². The number of benzene rings is 2. The Morgan fingerprint density at radius 3 is 2.55 bits per heavy atom. The summed E-state index contributed by atoms with van der Waals surface area (Å²) < 4.78 is 0. The number of hydrogen-bond donors (Lipinski definition) is 2. The normalized spacial score (nSPS) is 10.9. The molecule has 3 aromatic rings. The van der Waals surface area contributed by atoms with Gasteiger partial charge in [-0.15, -0.1) is 0 Å². The molecule has 0 aliphatic heterocycles. The molecule has 0 radical (unpaired) electrons. The lowest BCUT2D eigenvalue weighted by Gasteiger charge is -2.09. The van der Waals surface area contributed by atoms with Gasteiger partial charge in [0.15, 0.2) is 0 Å². The number of nitrogens with one attached hydrogen (secondary N) is 1. The number of hydrogen-bond acceptors (Lipinski definition) is 2. The van der Waals surface area contributed by atoms with Crippen LogP contribution in [0.1, 0.15) is 5.56 Å². The van der Waals surface area contributed by atoms with Crippen molar-refractivity contribution in [2.45, 2.75) is 6.92 Å². The molecule has 2 N–H and O–H groups in total. The number of pyridine rings is 1. The summed E-state index contributed by atoms with van der Waals surface area (Å²) in [7, 11) is 0. The monoisotopic (exact) mass is 285 g/mol. The van der Waals surface area contributed by atoms with Crippen molar-refractivity contribution < 1.29 is 5.11 Å². The van der Waals surface area contributed by atoms with Crippen LogP contribution in [-0.2, 0) is 0 Å². The van der Waals surface area contributed by atoms with E-state index in [1.165, 1.54) is 0 Å². The van der Waals surface area contributed by atoms with Crippen molar-refractivity contribution in [1.29, 1.82) is 0 Å². The fraction of sp³-hybridized carbons (Fsp3) is 0.0625. The standard InChI is InChI=1S/C16H12ClNO2/c1-9-7-11-13(8-12(9)17)18-16(20)14(15(11)19)10-5-3-2-4-6-10/h2-8H,1H3,(H2,18,19,20). The van der Waals surface area contributed by atoms with E-state index in [1.54, 1.807) is 24.3 Å². The van der Waals surface area contributed by atoms with Gasteiger partial charge in [0.2, 0.25) is 0 Å². The first-order valence-corrected chi connectivity index (χ1v) is 6.56. The molecule has 2 aromatic carbocycles. The summed E-state index contributed by atoms with van der Waals surface area (Å²) in [6.07, 6.45) is 0. The van der Waals surface area contributed by atoms with Crippen molar-refractivity contribution >= 4 is 22.5 Å². The molecule has 0 amide bonds. The lowest BCUT2D eigenvalue weighted by atomic mass is 10.0. The van der Waals surface area contributed by atoms with Crippen LogP contribution >= 0.6 is 11.6 Å². The quantitative estimate of drug-likeness (QED) is 0.713. The number of H-pyrrole nitrogens is 1. The van der Waals surface area contributed by atoms with Crippen molar-refractivity contribution in [3.8, 4) is 16.9 Å². The fourth-order valence-electron chi connectivity index (χ4n) is 2.28. The van der Waals surface area contributed by atoms with Crippen LogP contribution in [0.25, 0.3) is 22.0 Å². The molecule has 0 saturated carbocycles. The summed E-state index contributed by atoms with van der Waals surface area (Å²) in [5, 5.41) is 11.6. The number of aryl methyl sites for hydroxylation is 1. The topological polar surface area (TPSA) is 53.1 Å². The minimum Gasteiger partial charge on any atom is -0.506 e. The maximum absolute atomic E-state index is 12.2. The molecule has 1 aromatic heterocycles. The molecule has 0 saturated heterocycles. The van der Waals surface area contributed by atoms with Gasteiger partial charge in [0, 0.05) is 10.4 Å². The number of aromatic nitrogens is 1. The molecule has 1 heterocycles. The van der Waals surface area contributed by atoms with Crippen LogP contribution in [0.3, 0.4) is 0 Å². The largest absolute Gasteiger partial charge is 0.506 e. The Morgan fingerprint density at radius 2 is 1.85 bits per heavy atom. The molecule has 3 nitrogen and oxygen atoms in total. The predicted octanol–water partition coefficient (Wildman–Crippen LogP) is 3.86. The van der Waals surface area contributed by atoms with Crippen LogP contribution in [0.5, 0.6) is 5.75 Å². The zero-order chi connectivity index (χ0) is 14.3. The second-order valence-corrected chi connectivity index (χ2v) is 5.10. The molecular weight excluding hydrogens is 274 g/mol. The smallest absolute Gasteiger partial charge is 0.260 e. The van der Waals surface area contributed by atoms with Gasteiger partial charge in [0.05, 0.1) is 11.1 Å². The number of aromatic amines is 1. The average molecular weight is 286 g/mol. The maximum atomic E-state index is 12.2. The van der Waals surface area contributed by atoms with E-state index < -0.39 is 0 Å². The average Bonchev–Trinajstić information content (AvgIpc) is 2.43. The molecule has 0 bridgehead atoms. The summed E-state index contributed by atoms with van der Waals surface area (Å²) in [5.41, 5.74) is 2.00. The second kappa shape index (κ2) is 4.69. The highest BCUT2D eigenvalue weighted by Gasteiger charge is 2.14. The molecule has 0 aliphatic rings. The zero-order valence-corrected chi connectivity index (χ0v) is 11.5. The molecule has 0 spiro atoms. The summed E-state index contributed by atoms with van der Waals surface area (Å²) in [5.74, 6) is -0.0188. The van der Waals surface area contributed by atoms with Crippen molar-refractivity contribution in [1.82, 2.24) is 4.98 Å². The van der Waals surface area contributed by atoms with Gasteiger partial charge in [-0.25, -0.2) is 0 Å². The van der Waals surface area contributed by atoms with E-state index >= 15 is 0 Å². The number of aromatic hydroxyl groups is 1. The van der Waals surface area contributed by atoms with Crippen LogP contribution in [-0.4, -0.2) is 10.1 Å². The first-order valence-electron chi connectivity index (χ1n) is 6.18. The van der Waals surface area contributed by atoms with Crippen LogP contribution in [0.2, 0.25) is 5.02 Å². The fourth-order valence-corrected chi connectivity index (χ4v) is 2.44. The second-order valence-electron chi connectivity index (χ2n) is 4.69. The van der Waals surface area contributed by atoms with Crippen LogP contribution < -0.4 is 5.56 Å². The van der Waals surface area contributed by atoms with E-state index in [1.807, 2.05) is 25.1 Å². The molecule has 0 unspecified atom stereocenters. The van der Waals surface area contributed by atoms with Gasteiger partial charge in [0.25, 0.3) is 5.56 Å². The van der Waals surface area contributed by atoms with Gasteiger partial charge in [-0.1, -0.05) is 41.9 Å². The Morgan fingerprint density at radius 1 is 1.15 bits per heavy atom. The van der Waals surface area contributed by atoms with Crippen LogP contribution in [0, 0.1) is 6.92 Å². The van der Waals surface area contributed by atoms with E-state index in [9.17, 15) is 9.90 Å². The third-order valence-corrected chi connectivity index (χ3v) is 3.74. The van der Waals surface area contributed by atoms with E-state index in [-0.39, 0.29) is 16.9 Å². The van der Waals surface area contributed by atoms with Gasteiger partial charge < -0.3 is 10.1 Å². The lowest BCUT2D eigenvalue weighted by Crippen LogP contribution is -2.09. The summed E-state index contributed by atoms with van der Waals surface area (Å²) in [4.78, 5) is 15.0. The Bertz CT molecular complexity index is 854.